The molecule has 198 valence electrons. The predicted octanol–water partition coefficient (Wildman–Crippen LogP) is 5.36. The van der Waals surface area contributed by atoms with Crippen LogP contribution in [0.1, 0.15) is 25.5 Å². The standard InChI is InChI=1S/C27H27Cl2N5O4/c1-3-37-27(36)38-22-16-21-30-17(2)23(25(34(21)31-22)19-10-7-11-20(28)24(19)29)26(35)33-14-12-32(13-15-33)18-8-5-4-6-9-18/h4-11,16,25,30H,3,12-15H2,1-2H3. The van der Waals surface area contributed by atoms with Gasteiger partial charge in [-0.2, -0.15) is 0 Å². The summed E-state index contributed by atoms with van der Waals surface area (Å²) in [5.41, 5.74) is 2.88. The zero-order valence-corrected chi connectivity index (χ0v) is 22.5. The number of fused-ring (bicyclic) bond motifs is 1. The second-order valence-corrected chi connectivity index (χ2v) is 9.71. The number of rotatable bonds is 5. The number of hydrogen-bond donors (Lipinski definition) is 1. The van der Waals surface area contributed by atoms with Crippen molar-refractivity contribution >= 4 is 46.8 Å². The quantitative estimate of drug-likeness (QED) is 0.423. The van der Waals surface area contributed by atoms with Gasteiger partial charge >= 0.3 is 6.16 Å². The van der Waals surface area contributed by atoms with Gasteiger partial charge in [0.1, 0.15) is 11.9 Å². The van der Waals surface area contributed by atoms with Crippen molar-refractivity contribution in [2.24, 2.45) is 0 Å². The number of nitrogens with zero attached hydrogens (tertiary/aromatic N) is 4. The molecule has 0 saturated carbocycles. The summed E-state index contributed by atoms with van der Waals surface area (Å²) in [6.07, 6.45) is -0.863. The van der Waals surface area contributed by atoms with Crippen molar-refractivity contribution in [1.82, 2.24) is 14.7 Å². The molecule has 1 saturated heterocycles. The van der Waals surface area contributed by atoms with E-state index in [1.165, 1.54) is 0 Å². The number of para-hydroxylation sites is 1. The molecule has 0 radical (unpaired) electrons. The molecule has 9 nitrogen and oxygen atoms in total. The van der Waals surface area contributed by atoms with Gasteiger partial charge in [0, 0.05) is 49.2 Å². The topological polar surface area (TPSA) is 88.9 Å². The van der Waals surface area contributed by atoms with Crippen LogP contribution in [0.5, 0.6) is 5.88 Å². The number of benzene rings is 2. The molecule has 1 aromatic heterocycles. The van der Waals surface area contributed by atoms with Crippen LogP contribution in [-0.2, 0) is 9.53 Å². The second-order valence-electron chi connectivity index (χ2n) is 8.92. The SMILES string of the molecule is CCOC(=O)Oc1cc2n(n1)C(c1cccc(Cl)c1Cl)C(C(=O)N1CCN(c3ccccc3)CC1)=C(C)N2. The highest BCUT2D eigenvalue weighted by atomic mass is 35.5. The highest BCUT2D eigenvalue weighted by molar-refractivity contribution is 6.42. The van der Waals surface area contributed by atoms with Crippen molar-refractivity contribution in [1.29, 1.82) is 0 Å². The normalized spacial score (nSPS) is 17.1. The number of allylic oxidation sites excluding steroid dienone is 1. The summed E-state index contributed by atoms with van der Waals surface area (Å²) in [5.74, 6) is 0.443. The van der Waals surface area contributed by atoms with Gasteiger partial charge in [-0.3, -0.25) is 4.79 Å². The minimum Gasteiger partial charge on any atom is -0.434 e. The number of ether oxygens (including phenoxy) is 2. The molecular weight excluding hydrogens is 529 g/mol. The van der Waals surface area contributed by atoms with Gasteiger partial charge in [0.2, 0.25) is 5.88 Å². The first kappa shape index (κ1) is 25.9. The molecule has 0 aliphatic carbocycles. The van der Waals surface area contributed by atoms with E-state index in [4.69, 9.17) is 32.7 Å². The van der Waals surface area contributed by atoms with Crippen LogP contribution < -0.4 is 15.0 Å². The number of nitrogens with one attached hydrogen (secondary N) is 1. The number of carbonyl (C=O) groups excluding carboxylic acids is 2. The van der Waals surface area contributed by atoms with Gasteiger partial charge in [-0.1, -0.05) is 53.5 Å². The monoisotopic (exact) mass is 555 g/mol. The molecule has 1 amide bonds. The molecule has 3 heterocycles. The van der Waals surface area contributed by atoms with Crippen LogP contribution in [0.3, 0.4) is 0 Å². The first-order valence-electron chi connectivity index (χ1n) is 12.3. The summed E-state index contributed by atoms with van der Waals surface area (Å²) in [4.78, 5) is 30.1. The lowest BCUT2D eigenvalue weighted by molar-refractivity contribution is -0.128. The van der Waals surface area contributed by atoms with Crippen molar-refractivity contribution < 1.29 is 19.1 Å². The van der Waals surface area contributed by atoms with Gasteiger partial charge in [-0.25, -0.2) is 9.48 Å². The molecule has 1 unspecified atom stereocenters. The summed E-state index contributed by atoms with van der Waals surface area (Å²) in [6.45, 7) is 6.23. The molecule has 0 bridgehead atoms. The Morgan fingerprint density at radius 1 is 1.05 bits per heavy atom. The molecule has 2 aliphatic heterocycles. The number of hydrogen-bond acceptors (Lipinski definition) is 7. The molecule has 2 aliphatic rings. The van der Waals surface area contributed by atoms with E-state index in [2.05, 4.69) is 27.4 Å². The van der Waals surface area contributed by atoms with Crippen molar-refractivity contribution in [3.05, 3.63) is 81.5 Å². The summed E-state index contributed by atoms with van der Waals surface area (Å²) in [6, 6.07) is 16.3. The number of carbonyl (C=O) groups is 2. The third-order valence-corrected chi connectivity index (χ3v) is 7.43. The highest BCUT2D eigenvalue weighted by Crippen LogP contribution is 2.42. The molecule has 0 spiro atoms. The van der Waals surface area contributed by atoms with Crippen LogP contribution in [0.25, 0.3) is 0 Å². The van der Waals surface area contributed by atoms with Gasteiger partial charge in [-0.05, 0) is 32.0 Å². The first-order valence-corrected chi connectivity index (χ1v) is 13.1. The molecule has 1 atom stereocenters. The lowest BCUT2D eigenvalue weighted by Crippen LogP contribution is -2.50. The largest absolute Gasteiger partial charge is 0.515 e. The fourth-order valence-electron chi connectivity index (χ4n) is 4.80. The van der Waals surface area contributed by atoms with Crippen molar-refractivity contribution in [2.75, 3.05) is 43.0 Å². The third kappa shape index (κ3) is 5.04. The number of aromatic nitrogens is 2. The van der Waals surface area contributed by atoms with Crippen LogP contribution in [0.4, 0.5) is 16.3 Å². The Labute approximate surface area is 230 Å². The maximum Gasteiger partial charge on any atom is 0.515 e. The second kappa shape index (κ2) is 11.0. The maximum atomic E-state index is 14.1. The average Bonchev–Trinajstić information content (AvgIpc) is 3.31. The first-order chi connectivity index (χ1) is 18.4. The Kier molecular flexibility index (Phi) is 7.49. The van der Waals surface area contributed by atoms with Crippen LogP contribution in [0.2, 0.25) is 10.0 Å². The minimum absolute atomic E-state index is 0.0343. The smallest absolute Gasteiger partial charge is 0.434 e. The Morgan fingerprint density at radius 2 is 1.79 bits per heavy atom. The molecule has 1 fully saturated rings. The highest BCUT2D eigenvalue weighted by Gasteiger charge is 2.38. The fraction of sp³-hybridized carbons (Fsp3) is 0.296. The molecule has 1 N–H and O–H groups in total. The van der Waals surface area contributed by atoms with Crippen LogP contribution in [0.15, 0.2) is 65.9 Å². The predicted molar refractivity (Wildman–Crippen MR) is 146 cm³/mol. The van der Waals surface area contributed by atoms with Gasteiger partial charge in [0.15, 0.2) is 0 Å². The van der Waals surface area contributed by atoms with E-state index in [-0.39, 0.29) is 18.4 Å². The fourth-order valence-corrected chi connectivity index (χ4v) is 5.22. The molecule has 11 heteroatoms. The molecule has 5 rings (SSSR count). The molecule has 3 aromatic rings. The van der Waals surface area contributed by atoms with Crippen LogP contribution >= 0.6 is 23.2 Å². The molecule has 2 aromatic carbocycles. The number of amides is 1. The number of halogens is 2. The Hall–Kier alpha value is -3.69. The van der Waals surface area contributed by atoms with E-state index in [0.29, 0.717) is 58.9 Å². The number of anilines is 2. The van der Waals surface area contributed by atoms with E-state index >= 15 is 0 Å². The lowest BCUT2D eigenvalue weighted by Gasteiger charge is -2.38. The van der Waals surface area contributed by atoms with Gasteiger partial charge < -0.3 is 24.6 Å². The Bertz CT molecular complexity index is 1380. The van der Waals surface area contributed by atoms with E-state index in [0.717, 1.165) is 5.69 Å². The average molecular weight is 556 g/mol. The van der Waals surface area contributed by atoms with E-state index in [9.17, 15) is 9.59 Å². The summed E-state index contributed by atoms with van der Waals surface area (Å²) in [7, 11) is 0. The lowest BCUT2D eigenvalue weighted by atomic mass is 9.94. The zero-order chi connectivity index (χ0) is 26.8. The molecule has 38 heavy (non-hydrogen) atoms. The van der Waals surface area contributed by atoms with E-state index < -0.39 is 12.2 Å². The van der Waals surface area contributed by atoms with E-state index in [1.807, 2.05) is 36.1 Å². The summed E-state index contributed by atoms with van der Waals surface area (Å²) in [5, 5.41) is 8.40. The molecular formula is C27H27Cl2N5O4. The summed E-state index contributed by atoms with van der Waals surface area (Å²) >= 11 is 13.0. The zero-order valence-electron chi connectivity index (χ0n) is 21.0. The Balaban J connectivity index is 1.47. The third-order valence-electron chi connectivity index (χ3n) is 6.60. The minimum atomic E-state index is -0.863. The Morgan fingerprint density at radius 3 is 2.50 bits per heavy atom. The van der Waals surface area contributed by atoms with Gasteiger partial charge in [0.05, 0.1) is 22.2 Å². The van der Waals surface area contributed by atoms with Gasteiger partial charge in [-0.15, -0.1) is 5.10 Å². The van der Waals surface area contributed by atoms with E-state index in [1.54, 1.807) is 29.8 Å². The summed E-state index contributed by atoms with van der Waals surface area (Å²) < 4.78 is 11.7. The van der Waals surface area contributed by atoms with Crippen molar-refractivity contribution in [3.63, 3.8) is 0 Å². The van der Waals surface area contributed by atoms with Crippen molar-refractivity contribution in [3.8, 4) is 5.88 Å². The van der Waals surface area contributed by atoms with Crippen LogP contribution in [-0.4, -0.2) is 59.5 Å². The van der Waals surface area contributed by atoms with Crippen LogP contribution in [0, 0.1) is 0 Å². The number of piperazine rings is 1. The van der Waals surface area contributed by atoms with Gasteiger partial charge in [0.25, 0.3) is 5.91 Å². The van der Waals surface area contributed by atoms with Crippen molar-refractivity contribution in [2.45, 2.75) is 19.9 Å². The maximum absolute atomic E-state index is 14.1.